The molecule has 7 nitrogen and oxygen atoms in total. The molecule has 2 aromatic heterocycles. The fourth-order valence-electron chi connectivity index (χ4n) is 4.26. The van der Waals surface area contributed by atoms with Crippen LogP contribution in [-0.4, -0.2) is 54.6 Å². The van der Waals surface area contributed by atoms with Crippen LogP contribution in [0.3, 0.4) is 0 Å². The van der Waals surface area contributed by atoms with Gasteiger partial charge in [-0.2, -0.15) is 0 Å². The Balaban J connectivity index is 1.56. The van der Waals surface area contributed by atoms with Crippen LogP contribution in [0.15, 0.2) is 30.9 Å². The van der Waals surface area contributed by atoms with Crippen LogP contribution in [0.25, 0.3) is 5.69 Å². The molecule has 3 heterocycles. The minimum Gasteiger partial charge on any atom is -0.393 e. The van der Waals surface area contributed by atoms with E-state index in [-0.39, 0.29) is 24.0 Å². The van der Waals surface area contributed by atoms with Gasteiger partial charge in [0.05, 0.1) is 35.9 Å². The largest absolute Gasteiger partial charge is 0.393 e. The maximum absolute atomic E-state index is 13.1. The van der Waals surface area contributed by atoms with Crippen LogP contribution in [0.1, 0.15) is 48.9 Å². The SMILES string of the molecule is O=C(c1cncc(-n2ccnn2)c1)N1CCC[C@@H]1[C@@H]1CCCC[C@@H]1O. The number of aromatic nitrogens is 4. The zero-order valence-electron chi connectivity index (χ0n) is 14.2. The van der Waals surface area contributed by atoms with Crippen molar-refractivity contribution in [3.8, 4) is 5.69 Å². The van der Waals surface area contributed by atoms with Crippen molar-refractivity contribution in [2.75, 3.05) is 6.54 Å². The van der Waals surface area contributed by atoms with E-state index in [2.05, 4.69) is 15.3 Å². The van der Waals surface area contributed by atoms with E-state index < -0.39 is 0 Å². The number of rotatable bonds is 3. The minimum absolute atomic E-state index is 0.00487. The summed E-state index contributed by atoms with van der Waals surface area (Å²) in [6.45, 7) is 0.750. The van der Waals surface area contributed by atoms with Crippen molar-refractivity contribution >= 4 is 5.91 Å². The predicted molar refractivity (Wildman–Crippen MR) is 91.2 cm³/mol. The smallest absolute Gasteiger partial charge is 0.255 e. The molecule has 0 spiro atoms. The van der Waals surface area contributed by atoms with E-state index in [0.717, 1.165) is 50.8 Å². The van der Waals surface area contributed by atoms with E-state index in [1.807, 2.05) is 4.90 Å². The first-order chi connectivity index (χ1) is 12.2. The van der Waals surface area contributed by atoms with Gasteiger partial charge in [-0.25, -0.2) is 4.68 Å². The molecule has 132 valence electrons. The molecule has 0 aromatic carbocycles. The quantitative estimate of drug-likeness (QED) is 0.920. The van der Waals surface area contributed by atoms with Gasteiger partial charge in [0.15, 0.2) is 0 Å². The summed E-state index contributed by atoms with van der Waals surface area (Å²) in [4.78, 5) is 19.2. The normalized spacial score (nSPS) is 26.8. The molecule has 1 aliphatic heterocycles. The Morgan fingerprint density at radius 3 is 2.84 bits per heavy atom. The first-order valence-corrected chi connectivity index (χ1v) is 9.05. The lowest BCUT2D eigenvalue weighted by atomic mass is 9.80. The van der Waals surface area contributed by atoms with Gasteiger partial charge in [0, 0.05) is 24.7 Å². The average Bonchev–Trinajstić information content (AvgIpc) is 3.33. The molecule has 1 aliphatic carbocycles. The molecule has 1 saturated heterocycles. The Hall–Kier alpha value is -2.28. The van der Waals surface area contributed by atoms with Crippen molar-refractivity contribution in [2.45, 2.75) is 50.7 Å². The average molecular weight is 341 g/mol. The Morgan fingerprint density at radius 2 is 2.04 bits per heavy atom. The number of aliphatic hydroxyl groups excluding tert-OH is 1. The van der Waals surface area contributed by atoms with Crippen molar-refractivity contribution in [2.24, 2.45) is 5.92 Å². The monoisotopic (exact) mass is 341 g/mol. The second-order valence-corrected chi connectivity index (χ2v) is 7.00. The Kier molecular flexibility index (Phi) is 4.48. The number of nitrogens with zero attached hydrogens (tertiary/aromatic N) is 5. The molecule has 0 radical (unpaired) electrons. The summed E-state index contributed by atoms with van der Waals surface area (Å²) in [5.41, 5.74) is 1.28. The first-order valence-electron chi connectivity index (χ1n) is 9.05. The van der Waals surface area contributed by atoms with Gasteiger partial charge in [-0.15, -0.1) is 5.10 Å². The molecule has 7 heteroatoms. The van der Waals surface area contributed by atoms with Crippen LogP contribution < -0.4 is 0 Å². The number of carbonyl (C=O) groups excluding carboxylic acids is 1. The van der Waals surface area contributed by atoms with E-state index in [4.69, 9.17) is 0 Å². The van der Waals surface area contributed by atoms with Gasteiger partial charge in [-0.3, -0.25) is 9.78 Å². The molecule has 2 fully saturated rings. The minimum atomic E-state index is -0.285. The molecule has 25 heavy (non-hydrogen) atoms. The fourth-order valence-corrected chi connectivity index (χ4v) is 4.26. The summed E-state index contributed by atoms with van der Waals surface area (Å²) in [6.07, 6.45) is 12.4. The van der Waals surface area contributed by atoms with Gasteiger partial charge in [0.1, 0.15) is 0 Å². The zero-order chi connectivity index (χ0) is 17.2. The van der Waals surface area contributed by atoms with E-state index in [0.29, 0.717) is 5.56 Å². The second kappa shape index (κ2) is 6.92. The summed E-state index contributed by atoms with van der Waals surface area (Å²) < 4.78 is 1.59. The molecular formula is C18H23N5O2. The maximum atomic E-state index is 13.1. The molecular weight excluding hydrogens is 318 g/mol. The molecule has 0 bridgehead atoms. The predicted octanol–water partition coefficient (Wildman–Crippen LogP) is 1.82. The van der Waals surface area contributed by atoms with E-state index in [9.17, 15) is 9.90 Å². The van der Waals surface area contributed by atoms with Gasteiger partial charge in [0.25, 0.3) is 5.91 Å². The Morgan fingerprint density at radius 1 is 1.16 bits per heavy atom. The zero-order valence-corrected chi connectivity index (χ0v) is 14.2. The molecule has 4 rings (SSSR count). The summed E-state index contributed by atoms with van der Waals surface area (Å²) in [5, 5.41) is 18.1. The third-order valence-corrected chi connectivity index (χ3v) is 5.49. The van der Waals surface area contributed by atoms with E-state index in [1.165, 1.54) is 0 Å². The number of hydrogen-bond donors (Lipinski definition) is 1. The van der Waals surface area contributed by atoms with Gasteiger partial charge in [-0.05, 0) is 31.7 Å². The number of pyridine rings is 1. The molecule has 1 N–H and O–H groups in total. The van der Waals surface area contributed by atoms with Gasteiger partial charge in [-0.1, -0.05) is 18.1 Å². The lowest BCUT2D eigenvalue weighted by Crippen LogP contribution is -2.45. The maximum Gasteiger partial charge on any atom is 0.255 e. The van der Waals surface area contributed by atoms with Crippen molar-refractivity contribution in [1.29, 1.82) is 0 Å². The van der Waals surface area contributed by atoms with Crippen LogP contribution in [0.5, 0.6) is 0 Å². The van der Waals surface area contributed by atoms with Crippen LogP contribution >= 0.6 is 0 Å². The molecule has 3 atom stereocenters. The van der Waals surface area contributed by atoms with Gasteiger partial charge >= 0.3 is 0 Å². The summed E-state index contributed by atoms with van der Waals surface area (Å²) >= 11 is 0. The van der Waals surface area contributed by atoms with Crippen molar-refractivity contribution in [1.82, 2.24) is 24.9 Å². The highest BCUT2D eigenvalue weighted by molar-refractivity contribution is 5.94. The Bertz CT molecular complexity index is 733. The summed E-state index contributed by atoms with van der Waals surface area (Å²) in [6, 6.07) is 1.94. The molecule has 1 amide bonds. The second-order valence-electron chi connectivity index (χ2n) is 7.00. The fraction of sp³-hybridized carbons (Fsp3) is 0.556. The topological polar surface area (TPSA) is 84.1 Å². The molecule has 1 saturated carbocycles. The van der Waals surface area contributed by atoms with Gasteiger partial charge in [0.2, 0.25) is 0 Å². The van der Waals surface area contributed by atoms with Crippen LogP contribution in [0.2, 0.25) is 0 Å². The summed E-state index contributed by atoms with van der Waals surface area (Å²) in [7, 11) is 0. The standard InChI is InChI=1S/C18H23N5O2/c24-17-6-2-1-4-15(17)16-5-3-8-22(16)18(25)13-10-14(12-19-11-13)23-9-7-20-21-23/h7,9-12,15-17,24H,1-6,8H2/t15-,16+,17-/m0/s1. The Labute approximate surface area is 146 Å². The number of likely N-dealkylation sites (tertiary alicyclic amines) is 1. The van der Waals surface area contributed by atoms with Crippen LogP contribution in [0, 0.1) is 5.92 Å². The number of amides is 1. The lowest BCUT2D eigenvalue weighted by molar-refractivity contribution is 0.0211. The van der Waals surface area contributed by atoms with Crippen LogP contribution in [-0.2, 0) is 0 Å². The number of hydrogen-bond acceptors (Lipinski definition) is 5. The van der Waals surface area contributed by atoms with E-state index >= 15 is 0 Å². The number of aliphatic hydroxyl groups is 1. The lowest BCUT2D eigenvalue weighted by Gasteiger charge is -2.37. The van der Waals surface area contributed by atoms with E-state index in [1.54, 1.807) is 35.5 Å². The van der Waals surface area contributed by atoms with Crippen LogP contribution in [0.4, 0.5) is 0 Å². The highest BCUT2D eigenvalue weighted by atomic mass is 16.3. The molecule has 2 aromatic rings. The number of carbonyl (C=O) groups is 1. The highest BCUT2D eigenvalue weighted by Crippen LogP contribution is 2.35. The highest BCUT2D eigenvalue weighted by Gasteiger charge is 2.39. The first kappa shape index (κ1) is 16.2. The van der Waals surface area contributed by atoms with Crippen molar-refractivity contribution in [3.05, 3.63) is 36.4 Å². The van der Waals surface area contributed by atoms with Crippen molar-refractivity contribution < 1.29 is 9.90 Å². The third-order valence-electron chi connectivity index (χ3n) is 5.49. The van der Waals surface area contributed by atoms with Crippen molar-refractivity contribution in [3.63, 3.8) is 0 Å². The molecule has 0 unspecified atom stereocenters. The summed E-state index contributed by atoms with van der Waals surface area (Å²) in [5.74, 6) is 0.196. The molecule has 2 aliphatic rings. The third kappa shape index (κ3) is 3.16. The van der Waals surface area contributed by atoms with Gasteiger partial charge < -0.3 is 10.0 Å².